The number of halogens is 1. The van der Waals surface area contributed by atoms with Crippen molar-refractivity contribution in [3.8, 4) is 0 Å². The highest BCUT2D eigenvalue weighted by molar-refractivity contribution is 14.0. The van der Waals surface area contributed by atoms with E-state index in [1.54, 1.807) is 0 Å². The number of rotatable bonds is 7. The van der Waals surface area contributed by atoms with Crippen molar-refractivity contribution in [1.29, 1.82) is 0 Å². The standard InChI is InChI=1S/C22H35N3O2.HI/c1-5-23-22(25-14-12-19(13-15-25)21(26)27-6-2)24-16-20(17(3)4)18-10-8-7-9-11-18;/h7-11,17,19-20H,5-6,12-16H2,1-4H3,(H,23,24);1H. The molecular weight excluding hydrogens is 465 g/mol. The van der Waals surface area contributed by atoms with E-state index in [0.29, 0.717) is 18.4 Å². The lowest BCUT2D eigenvalue weighted by Crippen LogP contribution is -2.47. The first-order chi connectivity index (χ1) is 13.1. The molecule has 1 fully saturated rings. The highest BCUT2D eigenvalue weighted by Crippen LogP contribution is 2.25. The number of carbonyl (C=O) groups is 1. The van der Waals surface area contributed by atoms with Crippen LogP contribution in [0.25, 0.3) is 0 Å². The summed E-state index contributed by atoms with van der Waals surface area (Å²) in [5, 5.41) is 3.43. The predicted octanol–water partition coefficient (Wildman–Crippen LogP) is 4.28. The Morgan fingerprint density at radius 2 is 1.86 bits per heavy atom. The Morgan fingerprint density at radius 1 is 1.21 bits per heavy atom. The van der Waals surface area contributed by atoms with Crippen LogP contribution in [0.3, 0.4) is 0 Å². The maximum absolute atomic E-state index is 12.0. The number of aliphatic imine (C=N–C) groups is 1. The largest absolute Gasteiger partial charge is 0.466 e. The number of benzene rings is 1. The molecule has 0 saturated carbocycles. The quantitative estimate of drug-likeness (QED) is 0.262. The summed E-state index contributed by atoms with van der Waals surface area (Å²) in [4.78, 5) is 19.2. The van der Waals surface area contributed by atoms with Crippen LogP contribution in [0.15, 0.2) is 35.3 Å². The molecule has 1 aliphatic heterocycles. The van der Waals surface area contributed by atoms with Crippen LogP contribution in [0.1, 0.15) is 52.0 Å². The first-order valence-corrected chi connectivity index (χ1v) is 10.3. The van der Waals surface area contributed by atoms with E-state index < -0.39 is 0 Å². The van der Waals surface area contributed by atoms with Crippen molar-refractivity contribution in [2.75, 3.05) is 32.8 Å². The van der Waals surface area contributed by atoms with Gasteiger partial charge in [-0.25, -0.2) is 0 Å². The average molecular weight is 501 g/mol. The fourth-order valence-electron chi connectivity index (χ4n) is 3.60. The number of guanidine groups is 1. The van der Waals surface area contributed by atoms with Gasteiger partial charge in [0.15, 0.2) is 5.96 Å². The fourth-order valence-corrected chi connectivity index (χ4v) is 3.60. The van der Waals surface area contributed by atoms with Crippen LogP contribution in [0.4, 0.5) is 0 Å². The summed E-state index contributed by atoms with van der Waals surface area (Å²) in [5.74, 6) is 1.85. The zero-order chi connectivity index (χ0) is 19.6. The van der Waals surface area contributed by atoms with Gasteiger partial charge in [0.25, 0.3) is 0 Å². The van der Waals surface area contributed by atoms with E-state index >= 15 is 0 Å². The molecule has 0 aromatic heterocycles. The van der Waals surface area contributed by atoms with E-state index in [-0.39, 0.29) is 35.9 Å². The second kappa shape index (κ2) is 13.0. The molecule has 2 rings (SSSR count). The Labute approximate surface area is 187 Å². The van der Waals surface area contributed by atoms with E-state index in [0.717, 1.165) is 45.0 Å². The third-order valence-corrected chi connectivity index (χ3v) is 5.22. The number of hydrogen-bond acceptors (Lipinski definition) is 3. The molecule has 1 saturated heterocycles. The van der Waals surface area contributed by atoms with Crippen LogP contribution in [-0.2, 0) is 9.53 Å². The van der Waals surface area contributed by atoms with Crippen molar-refractivity contribution in [3.05, 3.63) is 35.9 Å². The summed E-state index contributed by atoms with van der Waals surface area (Å²) in [6.07, 6.45) is 1.66. The van der Waals surface area contributed by atoms with Crippen LogP contribution in [0.5, 0.6) is 0 Å². The second-order valence-electron chi connectivity index (χ2n) is 7.47. The molecule has 0 radical (unpaired) electrons. The van der Waals surface area contributed by atoms with Gasteiger partial charge in [-0.15, -0.1) is 24.0 Å². The number of likely N-dealkylation sites (tertiary alicyclic amines) is 1. The predicted molar refractivity (Wildman–Crippen MR) is 126 cm³/mol. The summed E-state index contributed by atoms with van der Waals surface area (Å²) in [6, 6.07) is 10.6. The third kappa shape index (κ3) is 7.26. The third-order valence-electron chi connectivity index (χ3n) is 5.22. The Kier molecular flexibility index (Phi) is 11.5. The molecule has 1 atom stereocenters. The Balaban J connectivity index is 0.00000392. The molecule has 0 amide bonds. The summed E-state index contributed by atoms with van der Waals surface area (Å²) < 4.78 is 5.18. The SMILES string of the molecule is CCNC(=NCC(c1ccccc1)C(C)C)N1CCC(C(=O)OCC)CC1.I. The normalized spacial score (nSPS) is 16.5. The summed E-state index contributed by atoms with van der Waals surface area (Å²) in [7, 11) is 0. The van der Waals surface area contributed by atoms with Crippen LogP contribution in [0.2, 0.25) is 0 Å². The van der Waals surface area contributed by atoms with Crippen LogP contribution >= 0.6 is 24.0 Å². The highest BCUT2D eigenvalue weighted by atomic mass is 127. The lowest BCUT2D eigenvalue weighted by molar-refractivity contribution is -0.149. The molecule has 1 unspecified atom stereocenters. The first kappa shape index (κ1) is 24.7. The van der Waals surface area contributed by atoms with Crippen LogP contribution in [-0.4, -0.2) is 49.6 Å². The zero-order valence-electron chi connectivity index (χ0n) is 17.7. The van der Waals surface area contributed by atoms with Gasteiger partial charge in [-0.1, -0.05) is 44.2 Å². The van der Waals surface area contributed by atoms with Gasteiger partial charge >= 0.3 is 5.97 Å². The van der Waals surface area contributed by atoms with Gasteiger partial charge in [0, 0.05) is 32.1 Å². The van der Waals surface area contributed by atoms with Gasteiger partial charge in [0.2, 0.25) is 0 Å². The topological polar surface area (TPSA) is 53.9 Å². The second-order valence-corrected chi connectivity index (χ2v) is 7.47. The van der Waals surface area contributed by atoms with Gasteiger partial charge < -0.3 is 15.0 Å². The van der Waals surface area contributed by atoms with E-state index in [2.05, 4.69) is 61.3 Å². The van der Waals surface area contributed by atoms with Crippen LogP contribution in [0, 0.1) is 11.8 Å². The van der Waals surface area contributed by atoms with Crippen molar-refractivity contribution >= 4 is 35.9 Å². The maximum atomic E-state index is 12.0. The van der Waals surface area contributed by atoms with E-state index in [4.69, 9.17) is 9.73 Å². The van der Waals surface area contributed by atoms with E-state index in [9.17, 15) is 4.79 Å². The van der Waals surface area contributed by atoms with Gasteiger partial charge in [-0.2, -0.15) is 0 Å². The molecule has 5 nitrogen and oxygen atoms in total. The molecule has 1 aromatic rings. The minimum Gasteiger partial charge on any atom is -0.466 e. The average Bonchev–Trinajstić information content (AvgIpc) is 2.68. The molecule has 1 aliphatic rings. The smallest absolute Gasteiger partial charge is 0.309 e. The summed E-state index contributed by atoms with van der Waals surface area (Å²) in [5.41, 5.74) is 1.34. The van der Waals surface area contributed by atoms with Gasteiger partial charge in [-0.3, -0.25) is 9.79 Å². The molecule has 1 aromatic carbocycles. The van der Waals surface area contributed by atoms with Gasteiger partial charge in [-0.05, 0) is 38.2 Å². The Bertz CT molecular complexity index is 599. The lowest BCUT2D eigenvalue weighted by atomic mass is 9.88. The maximum Gasteiger partial charge on any atom is 0.309 e. The molecule has 158 valence electrons. The van der Waals surface area contributed by atoms with Crippen molar-refractivity contribution in [2.24, 2.45) is 16.8 Å². The molecular formula is C22H36IN3O2. The van der Waals surface area contributed by atoms with Crippen molar-refractivity contribution in [1.82, 2.24) is 10.2 Å². The number of ether oxygens (including phenoxy) is 1. The molecule has 0 spiro atoms. The molecule has 1 heterocycles. The number of piperidine rings is 1. The lowest BCUT2D eigenvalue weighted by Gasteiger charge is -2.33. The minimum atomic E-state index is -0.0527. The van der Waals surface area contributed by atoms with E-state index in [1.807, 2.05) is 6.92 Å². The number of esters is 1. The Morgan fingerprint density at radius 3 is 2.39 bits per heavy atom. The molecule has 6 heteroatoms. The van der Waals surface area contributed by atoms with Crippen molar-refractivity contribution in [3.63, 3.8) is 0 Å². The summed E-state index contributed by atoms with van der Waals surface area (Å²) in [6.45, 7) is 12.2. The first-order valence-electron chi connectivity index (χ1n) is 10.3. The molecule has 0 bridgehead atoms. The van der Waals surface area contributed by atoms with Gasteiger partial charge in [0.1, 0.15) is 0 Å². The number of hydrogen-bond donors (Lipinski definition) is 1. The fraction of sp³-hybridized carbons (Fsp3) is 0.636. The van der Waals surface area contributed by atoms with Gasteiger partial charge in [0.05, 0.1) is 12.5 Å². The molecule has 0 aliphatic carbocycles. The van der Waals surface area contributed by atoms with Crippen molar-refractivity contribution < 1.29 is 9.53 Å². The minimum absolute atomic E-state index is 0. The monoisotopic (exact) mass is 501 g/mol. The highest BCUT2D eigenvalue weighted by Gasteiger charge is 2.27. The Hall–Kier alpha value is -1.31. The number of carbonyl (C=O) groups excluding carboxylic acids is 1. The number of nitrogens with one attached hydrogen (secondary N) is 1. The zero-order valence-corrected chi connectivity index (χ0v) is 20.0. The molecule has 1 N–H and O–H groups in total. The van der Waals surface area contributed by atoms with Crippen molar-refractivity contribution in [2.45, 2.75) is 46.5 Å². The summed E-state index contributed by atoms with van der Waals surface area (Å²) >= 11 is 0. The molecule has 28 heavy (non-hydrogen) atoms. The van der Waals surface area contributed by atoms with Crippen LogP contribution < -0.4 is 5.32 Å². The van der Waals surface area contributed by atoms with E-state index in [1.165, 1.54) is 5.56 Å². The number of nitrogens with zero attached hydrogens (tertiary/aromatic N) is 2.